The summed E-state index contributed by atoms with van der Waals surface area (Å²) in [5.41, 5.74) is 3.48. The van der Waals surface area contributed by atoms with Crippen LogP contribution in [0.2, 0.25) is 0 Å². The third-order valence-electron chi connectivity index (χ3n) is 3.46. The Morgan fingerprint density at radius 3 is 2.65 bits per heavy atom. The Morgan fingerprint density at radius 1 is 1.29 bits per heavy atom. The van der Waals surface area contributed by atoms with Crippen molar-refractivity contribution in [3.8, 4) is 0 Å². The quantitative estimate of drug-likeness (QED) is 0.612. The van der Waals surface area contributed by atoms with Crippen LogP contribution in [-0.4, -0.2) is 28.0 Å². The van der Waals surface area contributed by atoms with Crippen LogP contribution < -0.4 is 11.3 Å². The van der Waals surface area contributed by atoms with Gasteiger partial charge in [-0.05, 0) is 19.9 Å². The summed E-state index contributed by atoms with van der Waals surface area (Å²) in [6.07, 6.45) is 10.2. The lowest BCUT2D eigenvalue weighted by Gasteiger charge is -2.30. The van der Waals surface area contributed by atoms with Crippen molar-refractivity contribution in [1.29, 1.82) is 0 Å². The fraction of sp³-hybridized carbons (Fsp3) is 0.667. The summed E-state index contributed by atoms with van der Waals surface area (Å²) >= 11 is 0. The minimum absolute atomic E-state index is 0.606. The summed E-state index contributed by atoms with van der Waals surface area (Å²) in [4.78, 5) is 10.9. The first kappa shape index (κ1) is 12.3. The number of hydrogen-bond donors (Lipinski definition) is 2. The average Bonchev–Trinajstić information content (AvgIpc) is 2.40. The maximum absolute atomic E-state index is 5.26. The maximum Gasteiger partial charge on any atom is 0.158 e. The van der Waals surface area contributed by atoms with Crippen LogP contribution in [0.15, 0.2) is 12.4 Å². The van der Waals surface area contributed by atoms with E-state index in [1.165, 1.54) is 32.1 Å². The molecule has 17 heavy (non-hydrogen) atoms. The summed E-state index contributed by atoms with van der Waals surface area (Å²) in [6.45, 7) is 0.864. The highest BCUT2D eigenvalue weighted by Crippen LogP contribution is 2.22. The Morgan fingerprint density at radius 2 is 2.06 bits per heavy atom. The molecule has 1 fully saturated rings. The molecular formula is C12H21N5. The van der Waals surface area contributed by atoms with Gasteiger partial charge in [-0.25, -0.2) is 10.8 Å². The molecule has 3 N–H and O–H groups in total. The largest absolute Gasteiger partial charge is 0.307 e. The van der Waals surface area contributed by atoms with Gasteiger partial charge in [-0.2, -0.15) is 0 Å². The van der Waals surface area contributed by atoms with Crippen LogP contribution in [0, 0.1) is 0 Å². The number of anilines is 1. The number of aromatic nitrogens is 2. The van der Waals surface area contributed by atoms with E-state index in [1.54, 1.807) is 12.4 Å². The number of nitrogen functional groups attached to an aromatic ring is 1. The molecule has 2 rings (SSSR count). The Balaban J connectivity index is 1.89. The van der Waals surface area contributed by atoms with Gasteiger partial charge in [0.2, 0.25) is 0 Å². The van der Waals surface area contributed by atoms with Crippen molar-refractivity contribution in [3.63, 3.8) is 0 Å². The van der Waals surface area contributed by atoms with Gasteiger partial charge >= 0.3 is 0 Å². The lowest BCUT2D eigenvalue weighted by Crippen LogP contribution is -2.33. The van der Waals surface area contributed by atoms with Crippen molar-refractivity contribution in [2.45, 2.75) is 44.7 Å². The number of hydrogen-bond acceptors (Lipinski definition) is 5. The molecule has 0 aromatic carbocycles. The van der Waals surface area contributed by atoms with E-state index >= 15 is 0 Å². The van der Waals surface area contributed by atoms with E-state index in [-0.39, 0.29) is 0 Å². The number of nitrogens with one attached hydrogen (secondary N) is 1. The van der Waals surface area contributed by atoms with Crippen molar-refractivity contribution in [3.05, 3.63) is 18.1 Å². The zero-order valence-electron chi connectivity index (χ0n) is 10.4. The fourth-order valence-electron chi connectivity index (χ4n) is 2.42. The van der Waals surface area contributed by atoms with E-state index in [4.69, 9.17) is 5.84 Å². The van der Waals surface area contributed by atoms with Crippen LogP contribution in [0.5, 0.6) is 0 Å². The average molecular weight is 235 g/mol. The van der Waals surface area contributed by atoms with Crippen molar-refractivity contribution in [2.75, 3.05) is 12.5 Å². The third-order valence-corrected chi connectivity index (χ3v) is 3.46. The van der Waals surface area contributed by atoms with Gasteiger partial charge in [0.05, 0.1) is 18.1 Å². The van der Waals surface area contributed by atoms with Gasteiger partial charge in [0.25, 0.3) is 0 Å². The van der Waals surface area contributed by atoms with Gasteiger partial charge in [-0.15, -0.1) is 0 Å². The number of hydrazine groups is 1. The first-order valence-corrected chi connectivity index (χ1v) is 6.27. The van der Waals surface area contributed by atoms with E-state index in [1.807, 2.05) is 0 Å². The third kappa shape index (κ3) is 3.38. The second kappa shape index (κ2) is 5.93. The molecule has 1 aliphatic rings. The minimum atomic E-state index is 0.606. The minimum Gasteiger partial charge on any atom is -0.307 e. The Kier molecular flexibility index (Phi) is 4.28. The van der Waals surface area contributed by atoms with Gasteiger partial charge in [-0.1, -0.05) is 19.3 Å². The Hall–Kier alpha value is -1.20. The monoisotopic (exact) mass is 235 g/mol. The molecule has 0 spiro atoms. The second-order valence-electron chi connectivity index (χ2n) is 4.74. The van der Waals surface area contributed by atoms with E-state index in [0.29, 0.717) is 11.9 Å². The molecule has 0 bridgehead atoms. The Labute approximate surface area is 102 Å². The zero-order chi connectivity index (χ0) is 12.1. The van der Waals surface area contributed by atoms with E-state index in [2.05, 4.69) is 27.3 Å². The molecular weight excluding hydrogens is 214 g/mol. The fourth-order valence-corrected chi connectivity index (χ4v) is 2.42. The Bertz CT molecular complexity index is 331. The lowest BCUT2D eigenvalue weighted by molar-refractivity contribution is 0.182. The standard InChI is InChI=1S/C12H21N5/c1-17(11-5-3-2-4-6-11)9-10-7-15-12(16-13)8-14-10/h7-8,11H,2-6,9,13H2,1H3,(H,15,16). The lowest BCUT2D eigenvalue weighted by atomic mass is 9.94. The molecule has 5 heteroatoms. The molecule has 1 aliphatic carbocycles. The van der Waals surface area contributed by atoms with Crippen LogP contribution in [0.3, 0.4) is 0 Å². The van der Waals surface area contributed by atoms with Gasteiger partial charge in [0, 0.05) is 12.6 Å². The maximum atomic E-state index is 5.26. The van der Waals surface area contributed by atoms with Crippen LogP contribution in [-0.2, 0) is 6.54 Å². The van der Waals surface area contributed by atoms with Crippen LogP contribution in [0.1, 0.15) is 37.8 Å². The topological polar surface area (TPSA) is 67.1 Å². The normalized spacial score (nSPS) is 17.4. The highest BCUT2D eigenvalue weighted by atomic mass is 15.3. The number of nitrogens with two attached hydrogens (primary N) is 1. The van der Waals surface area contributed by atoms with Gasteiger partial charge < -0.3 is 5.43 Å². The SMILES string of the molecule is CN(Cc1cnc(NN)cn1)C1CCCCC1. The van der Waals surface area contributed by atoms with Gasteiger partial charge in [-0.3, -0.25) is 9.88 Å². The molecule has 0 radical (unpaired) electrons. The summed E-state index contributed by atoms with van der Waals surface area (Å²) in [7, 11) is 2.17. The van der Waals surface area contributed by atoms with Crippen molar-refractivity contribution >= 4 is 5.82 Å². The molecule has 1 saturated carbocycles. The van der Waals surface area contributed by atoms with Crippen molar-refractivity contribution < 1.29 is 0 Å². The van der Waals surface area contributed by atoms with Crippen LogP contribution >= 0.6 is 0 Å². The smallest absolute Gasteiger partial charge is 0.158 e. The molecule has 5 nitrogen and oxygen atoms in total. The summed E-state index contributed by atoms with van der Waals surface area (Å²) in [5.74, 6) is 5.86. The van der Waals surface area contributed by atoms with Crippen LogP contribution in [0.25, 0.3) is 0 Å². The predicted molar refractivity (Wildman–Crippen MR) is 68.2 cm³/mol. The predicted octanol–water partition coefficient (Wildman–Crippen LogP) is 1.53. The van der Waals surface area contributed by atoms with E-state index in [9.17, 15) is 0 Å². The molecule has 1 aromatic heterocycles. The zero-order valence-corrected chi connectivity index (χ0v) is 10.4. The molecule has 0 unspecified atom stereocenters. The first-order valence-electron chi connectivity index (χ1n) is 6.27. The molecule has 1 aromatic rings. The number of rotatable bonds is 4. The molecule has 94 valence electrons. The van der Waals surface area contributed by atoms with Crippen molar-refractivity contribution in [1.82, 2.24) is 14.9 Å². The van der Waals surface area contributed by atoms with Crippen LogP contribution in [0.4, 0.5) is 5.82 Å². The molecule has 0 amide bonds. The van der Waals surface area contributed by atoms with E-state index < -0.39 is 0 Å². The summed E-state index contributed by atoms with van der Waals surface area (Å²) < 4.78 is 0. The molecule has 0 aliphatic heterocycles. The van der Waals surface area contributed by atoms with E-state index in [0.717, 1.165) is 12.2 Å². The highest BCUT2D eigenvalue weighted by molar-refractivity contribution is 5.28. The van der Waals surface area contributed by atoms with Crippen molar-refractivity contribution in [2.24, 2.45) is 5.84 Å². The van der Waals surface area contributed by atoms with Gasteiger partial charge in [0.15, 0.2) is 5.82 Å². The molecule has 0 saturated heterocycles. The molecule has 1 heterocycles. The second-order valence-corrected chi connectivity index (χ2v) is 4.74. The van der Waals surface area contributed by atoms with Gasteiger partial charge in [0.1, 0.15) is 0 Å². The first-order chi connectivity index (χ1) is 8.29. The summed E-state index contributed by atoms with van der Waals surface area (Å²) in [6, 6.07) is 0.706. The number of nitrogens with zero attached hydrogens (tertiary/aromatic N) is 3. The highest BCUT2D eigenvalue weighted by Gasteiger charge is 2.18. The summed E-state index contributed by atoms with van der Waals surface area (Å²) in [5, 5.41) is 0. The molecule has 0 atom stereocenters.